The van der Waals surface area contributed by atoms with Gasteiger partial charge in [-0.1, -0.05) is 44.8 Å². The van der Waals surface area contributed by atoms with E-state index < -0.39 is 12.3 Å². The first-order chi connectivity index (χ1) is 12.7. The number of aliphatic hydroxyl groups is 2. The average molecular weight is 370 g/mol. The van der Waals surface area contributed by atoms with Crippen LogP contribution in [0.3, 0.4) is 0 Å². The molecule has 0 unspecified atom stereocenters. The van der Waals surface area contributed by atoms with Crippen LogP contribution in [0.5, 0.6) is 0 Å². The Balaban J connectivity index is 1.85. The summed E-state index contributed by atoms with van der Waals surface area (Å²) in [5, 5.41) is 18.9. The zero-order valence-electron chi connectivity index (χ0n) is 15.8. The number of aliphatic hydroxyl groups excluding tert-OH is 2. The number of carbonyl (C=O) groups excluding carboxylic acids is 1. The monoisotopic (exact) mass is 370 g/mol. The van der Waals surface area contributed by atoms with Crippen LogP contribution < -0.4 is 0 Å². The van der Waals surface area contributed by atoms with Crippen LogP contribution in [0.1, 0.15) is 58.3 Å². The van der Waals surface area contributed by atoms with Crippen LogP contribution in [-0.2, 0) is 14.2 Å². The third-order valence-electron chi connectivity index (χ3n) is 5.33. The van der Waals surface area contributed by atoms with Gasteiger partial charge in [-0.05, 0) is 19.3 Å². The summed E-state index contributed by atoms with van der Waals surface area (Å²) < 4.78 is 16.0. The van der Waals surface area contributed by atoms with Crippen LogP contribution in [0.4, 0.5) is 4.79 Å². The van der Waals surface area contributed by atoms with Crippen LogP contribution >= 0.6 is 0 Å². The van der Waals surface area contributed by atoms with E-state index in [9.17, 15) is 9.90 Å². The number of carbonyl (C=O) groups is 1. The molecule has 1 saturated carbocycles. The number of hydrogen-bond donors (Lipinski definition) is 2. The first-order valence-electron chi connectivity index (χ1n) is 10.1. The highest BCUT2D eigenvalue weighted by atomic mass is 16.7. The SMILES string of the molecule is CCCCC[C@H](O)/C=C/[C@@H]1[C@@H](CCCCOCCO)[C@@H]2C[C@H]1OC(=O)O2. The van der Waals surface area contributed by atoms with Crippen molar-refractivity contribution in [3.63, 3.8) is 0 Å². The molecule has 0 aromatic rings. The molecule has 0 radical (unpaired) electrons. The van der Waals surface area contributed by atoms with Crippen LogP contribution in [0.25, 0.3) is 0 Å². The van der Waals surface area contributed by atoms with Gasteiger partial charge in [0.2, 0.25) is 0 Å². The van der Waals surface area contributed by atoms with Crippen molar-refractivity contribution in [2.75, 3.05) is 19.8 Å². The lowest BCUT2D eigenvalue weighted by molar-refractivity contribution is -0.0352. The van der Waals surface area contributed by atoms with Gasteiger partial charge in [-0.2, -0.15) is 0 Å². The Kier molecular flexibility index (Phi) is 9.43. The van der Waals surface area contributed by atoms with Gasteiger partial charge in [-0.3, -0.25) is 0 Å². The van der Waals surface area contributed by atoms with Crippen molar-refractivity contribution in [3.8, 4) is 0 Å². The molecule has 0 amide bonds. The topological polar surface area (TPSA) is 85.2 Å². The summed E-state index contributed by atoms with van der Waals surface area (Å²) in [7, 11) is 0. The van der Waals surface area contributed by atoms with Crippen molar-refractivity contribution in [1.29, 1.82) is 0 Å². The second-order valence-corrected chi connectivity index (χ2v) is 7.32. The van der Waals surface area contributed by atoms with Crippen LogP contribution in [-0.4, -0.2) is 54.5 Å². The largest absolute Gasteiger partial charge is 0.508 e. The predicted molar refractivity (Wildman–Crippen MR) is 97.8 cm³/mol. The zero-order valence-corrected chi connectivity index (χ0v) is 15.8. The van der Waals surface area contributed by atoms with Crippen LogP contribution in [0, 0.1) is 11.8 Å². The lowest BCUT2D eigenvalue weighted by Gasteiger charge is -2.21. The van der Waals surface area contributed by atoms with Gasteiger partial charge < -0.3 is 24.4 Å². The van der Waals surface area contributed by atoms with Crippen molar-refractivity contribution in [1.82, 2.24) is 0 Å². The maximum absolute atomic E-state index is 11.6. The molecule has 0 spiro atoms. The van der Waals surface area contributed by atoms with Gasteiger partial charge in [0.15, 0.2) is 0 Å². The molecule has 150 valence electrons. The van der Waals surface area contributed by atoms with E-state index in [2.05, 4.69) is 6.92 Å². The van der Waals surface area contributed by atoms with Crippen LogP contribution in [0.2, 0.25) is 0 Å². The molecule has 26 heavy (non-hydrogen) atoms. The number of ether oxygens (including phenoxy) is 3. The molecule has 1 saturated heterocycles. The Morgan fingerprint density at radius 2 is 2.00 bits per heavy atom. The maximum atomic E-state index is 11.6. The molecule has 2 N–H and O–H groups in total. The molecule has 2 bridgehead atoms. The molecule has 6 nitrogen and oxygen atoms in total. The average Bonchev–Trinajstić information content (AvgIpc) is 2.86. The van der Waals surface area contributed by atoms with Gasteiger partial charge >= 0.3 is 6.16 Å². The number of fused-ring (bicyclic) bond motifs is 2. The highest BCUT2D eigenvalue weighted by Gasteiger charge is 2.49. The van der Waals surface area contributed by atoms with E-state index >= 15 is 0 Å². The third kappa shape index (κ3) is 6.56. The van der Waals surface area contributed by atoms with E-state index in [0.29, 0.717) is 13.2 Å². The van der Waals surface area contributed by atoms with Gasteiger partial charge in [0.05, 0.1) is 19.3 Å². The summed E-state index contributed by atoms with van der Waals surface area (Å²) in [6.07, 6.45) is 10.3. The Hall–Kier alpha value is -1.11. The van der Waals surface area contributed by atoms with Crippen molar-refractivity contribution < 1.29 is 29.2 Å². The van der Waals surface area contributed by atoms with E-state index in [-0.39, 0.29) is 30.7 Å². The Labute approximate surface area is 156 Å². The fourth-order valence-corrected chi connectivity index (χ4v) is 3.97. The van der Waals surface area contributed by atoms with E-state index in [4.69, 9.17) is 19.3 Å². The minimum atomic E-state index is -0.568. The molecular weight excluding hydrogens is 336 g/mol. The molecule has 1 aliphatic carbocycles. The lowest BCUT2D eigenvalue weighted by atomic mass is 9.88. The predicted octanol–water partition coefficient (Wildman–Crippen LogP) is 3.20. The van der Waals surface area contributed by atoms with E-state index in [1.165, 1.54) is 0 Å². The minimum Gasteiger partial charge on any atom is -0.431 e. The summed E-state index contributed by atoms with van der Waals surface area (Å²) in [5.74, 6) is 0.328. The molecule has 0 aromatic carbocycles. The molecule has 1 heterocycles. The molecule has 6 heteroatoms. The zero-order chi connectivity index (χ0) is 18.8. The molecule has 2 rings (SSSR count). The van der Waals surface area contributed by atoms with Gasteiger partial charge in [0.1, 0.15) is 12.2 Å². The Morgan fingerprint density at radius 3 is 2.77 bits per heavy atom. The van der Waals surface area contributed by atoms with Crippen molar-refractivity contribution >= 4 is 6.16 Å². The van der Waals surface area contributed by atoms with E-state index in [1.807, 2.05) is 12.2 Å². The molecule has 1 aliphatic heterocycles. The quantitative estimate of drug-likeness (QED) is 0.294. The molecule has 2 fully saturated rings. The van der Waals surface area contributed by atoms with Gasteiger partial charge in [0, 0.05) is 24.9 Å². The molecular formula is C20H34O6. The van der Waals surface area contributed by atoms with Gasteiger partial charge in [-0.15, -0.1) is 0 Å². The fourth-order valence-electron chi connectivity index (χ4n) is 3.97. The molecule has 0 aromatic heterocycles. The van der Waals surface area contributed by atoms with Gasteiger partial charge in [-0.25, -0.2) is 4.79 Å². The fraction of sp³-hybridized carbons (Fsp3) is 0.850. The first kappa shape index (κ1) is 21.2. The second kappa shape index (κ2) is 11.6. The summed E-state index contributed by atoms with van der Waals surface area (Å²) in [4.78, 5) is 11.6. The van der Waals surface area contributed by atoms with E-state index in [0.717, 1.165) is 51.4 Å². The standard InChI is InChI=1S/C20H34O6/c1-2-3-4-7-15(22)9-10-17-16(8-5-6-12-24-13-11-21)18-14-19(17)26-20(23)25-18/h9-10,15-19,21-22H,2-8,11-14H2,1H3/b10-9+/t15-,16+,17+,18-,19+/m0/s1. The van der Waals surface area contributed by atoms with Crippen LogP contribution in [0.15, 0.2) is 12.2 Å². The van der Waals surface area contributed by atoms with Crippen molar-refractivity contribution in [2.24, 2.45) is 11.8 Å². The number of hydrogen-bond acceptors (Lipinski definition) is 6. The first-order valence-corrected chi connectivity index (χ1v) is 10.1. The summed E-state index contributed by atoms with van der Waals surface area (Å²) in [6.45, 7) is 3.21. The highest BCUT2D eigenvalue weighted by molar-refractivity contribution is 5.61. The highest BCUT2D eigenvalue weighted by Crippen LogP contribution is 2.43. The minimum absolute atomic E-state index is 0.0487. The Morgan fingerprint density at radius 1 is 1.19 bits per heavy atom. The van der Waals surface area contributed by atoms with E-state index in [1.54, 1.807) is 0 Å². The smallest absolute Gasteiger partial charge is 0.431 e. The van der Waals surface area contributed by atoms with Gasteiger partial charge in [0.25, 0.3) is 0 Å². The van der Waals surface area contributed by atoms with Crippen molar-refractivity contribution in [3.05, 3.63) is 12.2 Å². The number of rotatable bonds is 13. The third-order valence-corrected chi connectivity index (χ3v) is 5.33. The summed E-state index contributed by atoms with van der Waals surface area (Å²) >= 11 is 0. The lowest BCUT2D eigenvalue weighted by Crippen LogP contribution is -2.28. The summed E-state index contributed by atoms with van der Waals surface area (Å²) in [5.41, 5.74) is 0. The normalized spacial score (nSPS) is 29.0. The summed E-state index contributed by atoms with van der Waals surface area (Å²) in [6, 6.07) is 0. The molecule has 5 atom stereocenters. The maximum Gasteiger partial charge on any atom is 0.508 e. The number of unbranched alkanes of at least 4 members (excludes halogenated alkanes) is 3. The Bertz CT molecular complexity index is 438. The molecule has 2 aliphatic rings. The second-order valence-electron chi connectivity index (χ2n) is 7.32. The van der Waals surface area contributed by atoms with Crippen molar-refractivity contribution in [2.45, 2.75) is 76.6 Å².